The van der Waals surface area contributed by atoms with Crippen molar-refractivity contribution < 1.29 is 14.0 Å². The second-order valence-corrected chi connectivity index (χ2v) is 5.54. The van der Waals surface area contributed by atoms with Crippen LogP contribution in [0.3, 0.4) is 0 Å². The number of nitriles is 1. The third-order valence-corrected chi connectivity index (χ3v) is 3.66. The van der Waals surface area contributed by atoms with E-state index in [1.165, 1.54) is 36.7 Å². The molecule has 0 spiro atoms. The van der Waals surface area contributed by atoms with E-state index < -0.39 is 17.6 Å². The van der Waals surface area contributed by atoms with Crippen molar-refractivity contribution in [1.82, 2.24) is 4.98 Å². The molecule has 6 nitrogen and oxygen atoms in total. The minimum absolute atomic E-state index is 0.0370. The van der Waals surface area contributed by atoms with Gasteiger partial charge in [0.25, 0.3) is 11.8 Å². The number of rotatable bonds is 4. The average molecular weight is 360 g/mol. The summed E-state index contributed by atoms with van der Waals surface area (Å²) in [6.45, 7) is 0. The highest BCUT2D eigenvalue weighted by Crippen LogP contribution is 2.15. The van der Waals surface area contributed by atoms with Crippen molar-refractivity contribution in [2.24, 2.45) is 0 Å². The monoisotopic (exact) mass is 360 g/mol. The van der Waals surface area contributed by atoms with Gasteiger partial charge in [0.15, 0.2) is 0 Å². The zero-order valence-corrected chi connectivity index (χ0v) is 13.9. The predicted molar refractivity (Wildman–Crippen MR) is 97.7 cm³/mol. The number of carbonyl (C=O) groups is 2. The molecule has 2 amide bonds. The van der Waals surface area contributed by atoms with E-state index in [9.17, 15) is 14.0 Å². The van der Waals surface area contributed by atoms with Crippen LogP contribution >= 0.6 is 0 Å². The van der Waals surface area contributed by atoms with Crippen molar-refractivity contribution in [3.63, 3.8) is 0 Å². The Morgan fingerprint density at radius 2 is 1.56 bits per heavy atom. The van der Waals surface area contributed by atoms with Gasteiger partial charge in [-0.15, -0.1) is 0 Å². The molecule has 0 bridgehead atoms. The van der Waals surface area contributed by atoms with Crippen LogP contribution in [0.4, 0.5) is 15.8 Å². The Morgan fingerprint density at radius 1 is 0.926 bits per heavy atom. The molecular formula is C20H13FN4O2. The molecule has 0 aliphatic heterocycles. The summed E-state index contributed by atoms with van der Waals surface area (Å²) in [6.07, 6.45) is 2.60. The molecule has 1 heterocycles. The maximum atomic E-state index is 13.7. The highest BCUT2D eigenvalue weighted by molar-refractivity contribution is 6.08. The van der Waals surface area contributed by atoms with Crippen LogP contribution in [0.15, 0.2) is 67.0 Å². The lowest BCUT2D eigenvalue weighted by Gasteiger charge is -2.08. The van der Waals surface area contributed by atoms with E-state index in [2.05, 4.69) is 15.6 Å². The number of anilines is 2. The van der Waals surface area contributed by atoms with Gasteiger partial charge in [-0.25, -0.2) is 4.39 Å². The lowest BCUT2D eigenvalue weighted by atomic mass is 10.1. The first kappa shape index (κ1) is 17.8. The number of hydrogen-bond donors (Lipinski definition) is 2. The Hall–Kier alpha value is -4.05. The van der Waals surface area contributed by atoms with Crippen LogP contribution in [0.2, 0.25) is 0 Å². The molecule has 0 unspecified atom stereocenters. The fourth-order valence-corrected chi connectivity index (χ4v) is 2.28. The van der Waals surface area contributed by atoms with E-state index in [1.807, 2.05) is 6.07 Å². The number of para-hydroxylation sites is 1. The number of benzene rings is 2. The van der Waals surface area contributed by atoms with Crippen molar-refractivity contribution in [3.8, 4) is 6.07 Å². The van der Waals surface area contributed by atoms with Gasteiger partial charge in [-0.2, -0.15) is 5.26 Å². The van der Waals surface area contributed by atoms with E-state index in [0.29, 0.717) is 11.3 Å². The van der Waals surface area contributed by atoms with Gasteiger partial charge in [-0.05, 0) is 42.5 Å². The third-order valence-electron chi connectivity index (χ3n) is 3.66. The molecule has 3 rings (SSSR count). The molecule has 2 N–H and O–H groups in total. The quantitative estimate of drug-likeness (QED) is 0.743. The molecule has 1 aromatic heterocycles. The van der Waals surface area contributed by atoms with Gasteiger partial charge in [0.1, 0.15) is 5.82 Å². The summed E-state index contributed by atoms with van der Waals surface area (Å²) < 4.78 is 13.7. The lowest BCUT2D eigenvalue weighted by molar-refractivity contribution is 0.102. The second-order valence-electron chi connectivity index (χ2n) is 5.54. The fraction of sp³-hybridized carbons (Fsp3) is 0. The van der Waals surface area contributed by atoms with Crippen molar-refractivity contribution in [1.29, 1.82) is 5.26 Å². The smallest absolute Gasteiger partial charge is 0.257 e. The van der Waals surface area contributed by atoms with E-state index >= 15 is 0 Å². The Kier molecular flexibility index (Phi) is 5.19. The Labute approximate surface area is 154 Å². The largest absolute Gasteiger partial charge is 0.322 e. The first-order valence-corrected chi connectivity index (χ1v) is 7.89. The summed E-state index contributed by atoms with van der Waals surface area (Å²) >= 11 is 0. The standard InChI is InChI=1S/C20H13FN4O2/c21-17-3-1-2-4-18(17)25-20(27)15-9-14(11-23-12-15)19(26)24-16-7-5-13(10-22)6-8-16/h1-9,11-12H,(H,24,26)(H,25,27). The number of nitrogens with zero attached hydrogens (tertiary/aromatic N) is 2. The number of aromatic nitrogens is 1. The minimum atomic E-state index is -0.583. The predicted octanol–water partition coefficient (Wildman–Crippen LogP) is 3.60. The van der Waals surface area contributed by atoms with E-state index in [4.69, 9.17) is 5.26 Å². The first-order valence-electron chi connectivity index (χ1n) is 7.89. The number of pyridine rings is 1. The number of nitrogens with one attached hydrogen (secondary N) is 2. The van der Waals surface area contributed by atoms with Gasteiger partial charge in [-0.1, -0.05) is 12.1 Å². The molecule has 2 aromatic carbocycles. The first-order chi connectivity index (χ1) is 13.1. The van der Waals surface area contributed by atoms with E-state index in [0.717, 1.165) is 0 Å². The molecule has 0 saturated carbocycles. The SMILES string of the molecule is N#Cc1ccc(NC(=O)c2cncc(C(=O)Nc3ccccc3F)c2)cc1. The summed E-state index contributed by atoms with van der Waals surface area (Å²) in [6, 6.07) is 15.5. The van der Waals surface area contributed by atoms with Gasteiger partial charge in [-0.3, -0.25) is 14.6 Å². The maximum absolute atomic E-state index is 13.7. The van der Waals surface area contributed by atoms with Gasteiger partial charge in [0.05, 0.1) is 28.4 Å². The van der Waals surface area contributed by atoms with Crippen LogP contribution in [0.1, 0.15) is 26.3 Å². The average Bonchev–Trinajstić information content (AvgIpc) is 2.70. The number of hydrogen-bond acceptors (Lipinski definition) is 4. The normalized spacial score (nSPS) is 9.93. The van der Waals surface area contributed by atoms with Gasteiger partial charge in [0, 0.05) is 18.1 Å². The van der Waals surface area contributed by atoms with Crippen LogP contribution in [0.5, 0.6) is 0 Å². The molecule has 0 fully saturated rings. The Morgan fingerprint density at radius 3 is 2.19 bits per heavy atom. The molecular weight excluding hydrogens is 347 g/mol. The molecule has 0 atom stereocenters. The molecule has 0 saturated heterocycles. The second kappa shape index (κ2) is 7.89. The topological polar surface area (TPSA) is 94.9 Å². The minimum Gasteiger partial charge on any atom is -0.322 e. The highest BCUT2D eigenvalue weighted by atomic mass is 19.1. The fourth-order valence-electron chi connectivity index (χ4n) is 2.28. The van der Waals surface area contributed by atoms with Crippen molar-refractivity contribution in [3.05, 3.63) is 89.5 Å². The summed E-state index contributed by atoms with van der Waals surface area (Å²) in [5.41, 5.74) is 1.29. The van der Waals surface area contributed by atoms with Gasteiger partial charge in [0.2, 0.25) is 0 Å². The van der Waals surface area contributed by atoms with Crippen molar-refractivity contribution in [2.45, 2.75) is 0 Å². The van der Waals surface area contributed by atoms with Crippen molar-refractivity contribution in [2.75, 3.05) is 10.6 Å². The Bertz CT molecular complexity index is 1040. The summed E-state index contributed by atoms with van der Waals surface area (Å²) in [5, 5.41) is 13.9. The van der Waals surface area contributed by atoms with Crippen LogP contribution < -0.4 is 10.6 Å². The summed E-state index contributed by atoms with van der Waals surface area (Å²) in [5.74, 6) is -1.61. The van der Waals surface area contributed by atoms with Crippen molar-refractivity contribution >= 4 is 23.2 Å². The zero-order valence-electron chi connectivity index (χ0n) is 13.9. The lowest BCUT2D eigenvalue weighted by Crippen LogP contribution is -2.16. The zero-order chi connectivity index (χ0) is 19.2. The number of amides is 2. The van der Waals surface area contributed by atoms with E-state index in [-0.39, 0.29) is 16.8 Å². The van der Waals surface area contributed by atoms with Crippen LogP contribution in [-0.4, -0.2) is 16.8 Å². The maximum Gasteiger partial charge on any atom is 0.257 e. The van der Waals surface area contributed by atoms with E-state index in [1.54, 1.807) is 30.3 Å². The van der Waals surface area contributed by atoms with Crippen LogP contribution in [0, 0.1) is 17.1 Å². The molecule has 132 valence electrons. The summed E-state index contributed by atoms with van der Waals surface area (Å²) in [4.78, 5) is 28.5. The Balaban J connectivity index is 1.74. The molecule has 0 radical (unpaired) electrons. The van der Waals surface area contributed by atoms with Gasteiger partial charge < -0.3 is 10.6 Å². The molecule has 3 aromatic rings. The molecule has 7 heteroatoms. The third kappa shape index (κ3) is 4.32. The number of carbonyl (C=O) groups excluding carboxylic acids is 2. The van der Waals surface area contributed by atoms with Gasteiger partial charge >= 0.3 is 0 Å². The molecule has 0 aliphatic carbocycles. The summed E-state index contributed by atoms with van der Waals surface area (Å²) in [7, 11) is 0. The van der Waals surface area contributed by atoms with Crippen LogP contribution in [-0.2, 0) is 0 Å². The number of halogens is 1. The van der Waals surface area contributed by atoms with Crippen LogP contribution in [0.25, 0.3) is 0 Å². The highest BCUT2D eigenvalue weighted by Gasteiger charge is 2.13. The molecule has 0 aliphatic rings. The molecule has 27 heavy (non-hydrogen) atoms.